The van der Waals surface area contributed by atoms with Crippen LogP contribution in [-0.4, -0.2) is 0 Å². The Morgan fingerprint density at radius 2 is 0.621 bits per heavy atom. The van der Waals surface area contributed by atoms with Gasteiger partial charge >= 0.3 is 0 Å². The molecule has 0 heterocycles. The van der Waals surface area contributed by atoms with Gasteiger partial charge in [0.2, 0.25) is 0 Å². The van der Waals surface area contributed by atoms with E-state index in [2.05, 4.69) is 266 Å². The van der Waals surface area contributed by atoms with E-state index in [0.717, 1.165) is 34.1 Å². The molecule has 0 saturated heterocycles. The average molecular weight is 843 g/mol. The monoisotopic (exact) mass is 842 g/mol. The van der Waals surface area contributed by atoms with Crippen molar-refractivity contribution >= 4 is 34.1 Å². The minimum Gasteiger partial charge on any atom is -0.310 e. The maximum atomic E-state index is 2.51. The van der Waals surface area contributed by atoms with Gasteiger partial charge in [-0.1, -0.05) is 190 Å². The van der Waals surface area contributed by atoms with Crippen LogP contribution in [0.1, 0.15) is 47.2 Å². The number of hydrogen-bond donors (Lipinski definition) is 0. The second-order valence-electron chi connectivity index (χ2n) is 18.4. The molecule has 0 N–H and O–H groups in total. The summed E-state index contributed by atoms with van der Waals surface area (Å²) in [6.07, 6.45) is 0. The Balaban J connectivity index is 1.05. The maximum absolute atomic E-state index is 2.51. The number of anilines is 6. The smallest absolute Gasteiger partial charge is 0.0727 e. The Labute approximate surface area is 387 Å². The van der Waals surface area contributed by atoms with E-state index in [1.165, 1.54) is 77.9 Å². The van der Waals surface area contributed by atoms with E-state index in [1.54, 1.807) is 0 Å². The number of nitrogens with zero attached hydrogens (tertiary/aromatic N) is 2. The lowest BCUT2D eigenvalue weighted by Gasteiger charge is -2.34. The molecule has 0 aliphatic heterocycles. The second kappa shape index (κ2) is 14.7. The summed E-state index contributed by atoms with van der Waals surface area (Å²) >= 11 is 0. The standard InChI is InChI=1S/C64H46N2/c1-63(2)56-30-16-12-27-50(56)53-37-34-46(40-59(53)63)65(44-22-8-4-9-23-44)47-35-38-54-51-28-13-17-31-57(51)64(60(54)41-47)58-32-18-14-29-52(58)55-39-36-48(42-61(55)64)66(45-24-10-5-11-25-45)62-33-19-15-26-49(62)43-20-6-3-7-21-43/h3-42H,1-2H3. The highest BCUT2D eigenvalue weighted by atomic mass is 15.1. The summed E-state index contributed by atoms with van der Waals surface area (Å²) in [7, 11) is 0. The van der Waals surface area contributed by atoms with Crippen LogP contribution in [0.4, 0.5) is 34.1 Å². The van der Waals surface area contributed by atoms with Crippen LogP contribution < -0.4 is 9.80 Å². The number of benzene rings is 10. The van der Waals surface area contributed by atoms with Crippen LogP contribution in [0.25, 0.3) is 44.5 Å². The molecule has 0 fully saturated rings. The zero-order valence-corrected chi connectivity index (χ0v) is 37.0. The minimum absolute atomic E-state index is 0.127. The molecule has 3 aliphatic rings. The Kier molecular flexibility index (Phi) is 8.51. The third-order valence-corrected chi connectivity index (χ3v) is 14.7. The minimum atomic E-state index is -0.574. The highest BCUT2D eigenvalue weighted by Crippen LogP contribution is 2.64. The van der Waals surface area contributed by atoms with Crippen LogP contribution in [-0.2, 0) is 10.8 Å². The van der Waals surface area contributed by atoms with Gasteiger partial charge < -0.3 is 9.80 Å². The van der Waals surface area contributed by atoms with Gasteiger partial charge in [0.15, 0.2) is 0 Å². The summed E-state index contributed by atoms with van der Waals surface area (Å²) in [5.41, 5.74) is 24.2. The van der Waals surface area contributed by atoms with E-state index in [0.29, 0.717) is 0 Å². The van der Waals surface area contributed by atoms with Gasteiger partial charge in [-0.15, -0.1) is 0 Å². The highest BCUT2D eigenvalue weighted by Gasteiger charge is 2.52. The lowest BCUT2D eigenvalue weighted by atomic mass is 9.70. The Bertz CT molecular complexity index is 3500. The van der Waals surface area contributed by atoms with Gasteiger partial charge in [0.05, 0.1) is 11.1 Å². The first-order valence-electron chi connectivity index (χ1n) is 23.1. The molecule has 0 radical (unpaired) electrons. The summed E-state index contributed by atoms with van der Waals surface area (Å²) < 4.78 is 0. The predicted octanol–water partition coefficient (Wildman–Crippen LogP) is 16.9. The van der Waals surface area contributed by atoms with Crippen LogP contribution in [0.3, 0.4) is 0 Å². The first-order valence-corrected chi connectivity index (χ1v) is 23.1. The fourth-order valence-corrected chi connectivity index (χ4v) is 11.8. The van der Waals surface area contributed by atoms with Crippen molar-refractivity contribution in [2.45, 2.75) is 24.7 Å². The molecule has 0 bridgehead atoms. The molecular formula is C64H46N2. The Morgan fingerprint density at radius 1 is 0.258 bits per heavy atom. The van der Waals surface area contributed by atoms with Gasteiger partial charge in [-0.2, -0.15) is 0 Å². The fraction of sp³-hybridized carbons (Fsp3) is 0.0625. The van der Waals surface area contributed by atoms with Gasteiger partial charge in [0, 0.05) is 39.4 Å². The van der Waals surface area contributed by atoms with E-state index in [-0.39, 0.29) is 5.41 Å². The topological polar surface area (TPSA) is 6.48 Å². The van der Waals surface area contributed by atoms with Crippen LogP contribution in [0.15, 0.2) is 243 Å². The van der Waals surface area contributed by atoms with Gasteiger partial charge in [0.1, 0.15) is 0 Å². The molecule has 2 heteroatoms. The van der Waals surface area contributed by atoms with Gasteiger partial charge in [-0.05, 0) is 139 Å². The number of fused-ring (bicyclic) bond motifs is 13. The highest BCUT2D eigenvalue weighted by molar-refractivity contribution is 5.98. The Hall–Kier alpha value is -8.20. The molecular weight excluding hydrogens is 797 g/mol. The molecule has 312 valence electrons. The molecule has 0 aromatic heterocycles. The third-order valence-electron chi connectivity index (χ3n) is 14.7. The molecule has 2 nitrogen and oxygen atoms in total. The van der Waals surface area contributed by atoms with Gasteiger partial charge in [-0.25, -0.2) is 0 Å². The zero-order chi connectivity index (χ0) is 44.0. The van der Waals surface area contributed by atoms with E-state index < -0.39 is 5.41 Å². The van der Waals surface area contributed by atoms with Crippen molar-refractivity contribution in [1.82, 2.24) is 0 Å². The van der Waals surface area contributed by atoms with Crippen molar-refractivity contribution in [2.24, 2.45) is 0 Å². The molecule has 1 spiro atoms. The van der Waals surface area contributed by atoms with Crippen LogP contribution >= 0.6 is 0 Å². The lowest BCUT2D eigenvalue weighted by Crippen LogP contribution is -2.26. The first-order chi connectivity index (χ1) is 32.5. The van der Waals surface area contributed by atoms with Crippen LogP contribution in [0, 0.1) is 0 Å². The lowest BCUT2D eigenvalue weighted by molar-refractivity contribution is 0.660. The molecule has 3 aliphatic carbocycles. The van der Waals surface area contributed by atoms with Crippen molar-refractivity contribution in [3.63, 3.8) is 0 Å². The van der Waals surface area contributed by atoms with Gasteiger partial charge in [0.25, 0.3) is 0 Å². The zero-order valence-electron chi connectivity index (χ0n) is 37.0. The number of hydrogen-bond acceptors (Lipinski definition) is 2. The summed E-state index contributed by atoms with van der Waals surface area (Å²) in [6.45, 7) is 4.74. The predicted molar refractivity (Wildman–Crippen MR) is 275 cm³/mol. The van der Waals surface area contributed by atoms with Crippen molar-refractivity contribution in [3.8, 4) is 44.5 Å². The van der Waals surface area contributed by atoms with Crippen molar-refractivity contribution in [2.75, 3.05) is 9.80 Å². The molecule has 10 aromatic carbocycles. The van der Waals surface area contributed by atoms with Crippen molar-refractivity contribution in [1.29, 1.82) is 0 Å². The molecule has 1 unspecified atom stereocenters. The molecule has 10 aromatic rings. The van der Waals surface area contributed by atoms with E-state index >= 15 is 0 Å². The summed E-state index contributed by atoms with van der Waals surface area (Å²) in [5, 5.41) is 0. The fourth-order valence-electron chi connectivity index (χ4n) is 11.8. The normalized spacial score (nSPS) is 15.3. The maximum Gasteiger partial charge on any atom is 0.0727 e. The van der Waals surface area contributed by atoms with Crippen molar-refractivity contribution in [3.05, 3.63) is 276 Å². The largest absolute Gasteiger partial charge is 0.310 e. The average Bonchev–Trinajstić information content (AvgIpc) is 3.93. The van der Waals surface area contributed by atoms with E-state index in [9.17, 15) is 0 Å². The number of para-hydroxylation sites is 3. The van der Waals surface area contributed by atoms with Crippen LogP contribution in [0.5, 0.6) is 0 Å². The second-order valence-corrected chi connectivity index (χ2v) is 18.4. The third kappa shape index (κ3) is 5.48. The van der Waals surface area contributed by atoms with Crippen molar-refractivity contribution < 1.29 is 0 Å². The quantitative estimate of drug-likeness (QED) is 0.158. The van der Waals surface area contributed by atoms with E-state index in [4.69, 9.17) is 0 Å². The van der Waals surface area contributed by atoms with E-state index in [1.807, 2.05) is 0 Å². The molecule has 1 atom stereocenters. The Morgan fingerprint density at radius 3 is 1.17 bits per heavy atom. The summed E-state index contributed by atoms with van der Waals surface area (Å²) in [6, 6.07) is 90.0. The SMILES string of the molecule is CC1(C)c2ccccc2-c2ccc(N(c3ccccc3)c3ccc4c(c3)C3(c5ccccc5-4)c4ccccc4-c4ccc(N(c5ccccc5)c5ccccc5-c5ccccc5)cc43)cc21. The molecule has 0 saturated carbocycles. The number of rotatable bonds is 7. The molecule has 66 heavy (non-hydrogen) atoms. The van der Waals surface area contributed by atoms with Crippen LogP contribution in [0.2, 0.25) is 0 Å². The molecule has 13 rings (SSSR count). The summed E-state index contributed by atoms with van der Waals surface area (Å²) in [4.78, 5) is 4.91. The van der Waals surface area contributed by atoms with Gasteiger partial charge in [-0.3, -0.25) is 0 Å². The molecule has 0 amide bonds. The summed E-state index contributed by atoms with van der Waals surface area (Å²) in [5.74, 6) is 0. The first kappa shape index (κ1) is 38.3.